The third-order valence-corrected chi connectivity index (χ3v) is 6.14. The number of aryl methyl sites for hydroxylation is 3. The van der Waals surface area contributed by atoms with Crippen LogP contribution in [-0.4, -0.2) is 20.9 Å². The normalized spacial score (nSPS) is 11.4. The summed E-state index contributed by atoms with van der Waals surface area (Å²) in [5.74, 6) is 0.986. The molecule has 3 aromatic carbocycles. The number of carbonyl (C=O) groups is 1. The molecule has 2 aromatic heterocycles. The van der Waals surface area contributed by atoms with Gasteiger partial charge >= 0.3 is 0 Å². The smallest absolute Gasteiger partial charge is 0.248 e. The Hall–Kier alpha value is -4.16. The van der Waals surface area contributed by atoms with Gasteiger partial charge in [-0.1, -0.05) is 41.4 Å². The molecule has 0 spiro atoms. The van der Waals surface area contributed by atoms with Crippen LogP contribution in [0.25, 0.3) is 34.1 Å². The molecule has 0 saturated heterocycles. The molecule has 7 heteroatoms. The second-order valence-electron chi connectivity index (χ2n) is 8.47. The van der Waals surface area contributed by atoms with Crippen molar-refractivity contribution in [3.63, 3.8) is 0 Å². The van der Waals surface area contributed by atoms with E-state index in [1.165, 1.54) is 11.6 Å². The van der Waals surface area contributed by atoms with Crippen LogP contribution in [0.1, 0.15) is 22.5 Å². The number of anilines is 1. The molecule has 0 aliphatic heterocycles. The van der Waals surface area contributed by atoms with Gasteiger partial charge in [0.05, 0.1) is 5.69 Å². The molecular weight excluding hydrogens is 460 g/mol. The summed E-state index contributed by atoms with van der Waals surface area (Å²) in [5, 5.41) is 12.7. The average Bonchev–Trinajstić information content (AvgIpc) is 3.47. The van der Waals surface area contributed by atoms with Crippen molar-refractivity contribution in [2.45, 2.75) is 20.8 Å². The van der Waals surface area contributed by atoms with Crippen LogP contribution >= 0.6 is 11.6 Å². The molecule has 2 heterocycles. The monoisotopic (exact) mass is 482 g/mol. The maximum Gasteiger partial charge on any atom is 0.248 e. The van der Waals surface area contributed by atoms with Gasteiger partial charge in [-0.3, -0.25) is 4.79 Å². The van der Waals surface area contributed by atoms with Gasteiger partial charge in [-0.2, -0.15) is 4.80 Å². The van der Waals surface area contributed by atoms with Gasteiger partial charge in [0, 0.05) is 22.3 Å². The van der Waals surface area contributed by atoms with E-state index in [1.807, 2.05) is 87.5 Å². The Balaban J connectivity index is 1.31. The van der Waals surface area contributed by atoms with Crippen molar-refractivity contribution in [2.75, 3.05) is 5.32 Å². The maximum absolute atomic E-state index is 12.6. The predicted octanol–water partition coefficient (Wildman–Crippen LogP) is 6.91. The zero-order valence-electron chi connectivity index (χ0n) is 19.5. The van der Waals surface area contributed by atoms with Gasteiger partial charge in [-0.15, -0.1) is 10.2 Å². The Labute approximate surface area is 207 Å². The van der Waals surface area contributed by atoms with Crippen LogP contribution in [0, 0.1) is 20.8 Å². The molecule has 0 fully saturated rings. The van der Waals surface area contributed by atoms with Gasteiger partial charge in [-0.25, -0.2) is 0 Å². The molecular formula is C28H23ClN4O2. The second kappa shape index (κ2) is 9.24. The molecule has 0 aliphatic rings. The van der Waals surface area contributed by atoms with Crippen LogP contribution in [-0.2, 0) is 4.79 Å². The van der Waals surface area contributed by atoms with E-state index in [9.17, 15) is 4.79 Å². The minimum Gasteiger partial charge on any atom is -0.457 e. The predicted molar refractivity (Wildman–Crippen MR) is 140 cm³/mol. The van der Waals surface area contributed by atoms with Gasteiger partial charge < -0.3 is 9.73 Å². The molecule has 0 radical (unpaired) electrons. The number of furan rings is 1. The number of hydrogen-bond donors (Lipinski definition) is 1. The Morgan fingerprint density at radius 1 is 0.914 bits per heavy atom. The summed E-state index contributed by atoms with van der Waals surface area (Å²) in [4.78, 5) is 14.2. The molecule has 1 N–H and O–H groups in total. The molecule has 35 heavy (non-hydrogen) atoms. The van der Waals surface area contributed by atoms with Crippen LogP contribution in [0.15, 0.2) is 77.2 Å². The molecule has 0 unspecified atom stereocenters. The number of carbonyl (C=O) groups excluding carboxylic acids is 1. The summed E-state index contributed by atoms with van der Waals surface area (Å²) < 4.78 is 5.85. The first-order valence-electron chi connectivity index (χ1n) is 11.2. The van der Waals surface area contributed by atoms with Gasteiger partial charge in [0.25, 0.3) is 0 Å². The lowest BCUT2D eigenvalue weighted by Gasteiger charge is -2.05. The zero-order valence-corrected chi connectivity index (χ0v) is 20.3. The topological polar surface area (TPSA) is 73.0 Å². The highest BCUT2D eigenvalue weighted by Crippen LogP contribution is 2.27. The molecule has 5 rings (SSSR count). The molecule has 0 aliphatic carbocycles. The lowest BCUT2D eigenvalue weighted by atomic mass is 10.1. The van der Waals surface area contributed by atoms with Crippen molar-refractivity contribution in [1.82, 2.24) is 15.0 Å². The van der Waals surface area contributed by atoms with Crippen molar-refractivity contribution in [2.24, 2.45) is 0 Å². The minimum absolute atomic E-state index is 0.269. The Morgan fingerprint density at radius 2 is 1.66 bits per heavy atom. The number of aromatic nitrogens is 3. The number of benzene rings is 3. The number of rotatable bonds is 5. The number of halogens is 1. The summed E-state index contributed by atoms with van der Waals surface area (Å²) in [6.45, 7) is 5.91. The molecule has 5 aromatic rings. The SMILES string of the molecule is Cc1ccc(-n2nc3cc(C)c(NC(=O)/C=C/c4ccc(-c5ccc(C)c(Cl)c5)o4)cc3n2)cc1. The summed E-state index contributed by atoms with van der Waals surface area (Å²) in [6, 6.07) is 21.2. The lowest BCUT2D eigenvalue weighted by Crippen LogP contribution is -2.08. The quantitative estimate of drug-likeness (QED) is 0.276. The van der Waals surface area contributed by atoms with Gasteiger partial charge in [0.15, 0.2) is 0 Å². The molecule has 174 valence electrons. The Bertz CT molecular complexity index is 1580. The van der Waals surface area contributed by atoms with E-state index in [-0.39, 0.29) is 5.91 Å². The van der Waals surface area contributed by atoms with Crippen LogP contribution < -0.4 is 5.32 Å². The van der Waals surface area contributed by atoms with E-state index in [4.69, 9.17) is 16.0 Å². The first-order chi connectivity index (χ1) is 16.9. The van der Waals surface area contributed by atoms with E-state index in [1.54, 1.807) is 10.9 Å². The summed E-state index contributed by atoms with van der Waals surface area (Å²) >= 11 is 6.22. The van der Waals surface area contributed by atoms with Crippen LogP contribution in [0.2, 0.25) is 5.02 Å². The molecule has 6 nitrogen and oxygen atoms in total. The Kier molecular flexibility index (Phi) is 5.97. The fourth-order valence-corrected chi connectivity index (χ4v) is 3.85. The van der Waals surface area contributed by atoms with Crippen molar-refractivity contribution in [3.8, 4) is 17.0 Å². The van der Waals surface area contributed by atoms with E-state index >= 15 is 0 Å². The standard InChI is InChI=1S/C28H23ClN4O2/c1-17-4-8-21(9-5-17)33-31-25-14-19(3)24(16-26(25)32-33)30-28(34)13-11-22-10-12-27(35-22)20-7-6-18(2)23(29)15-20/h4-16H,1-3H3,(H,30,34)/b13-11+. The van der Waals surface area contributed by atoms with E-state index < -0.39 is 0 Å². The second-order valence-corrected chi connectivity index (χ2v) is 8.88. The van der Waals surface area contributed by atoms with E-state index in [2.05, 4.69) is 15.5 Å². The lowest BCUT2D eigenvalue weighted by molar-refractivity contribution is -0.111. The highest BCUT2D eigenvalue weighted by Gasteiger charge is 2.10. The van der Waals surface area contributed by atoms with Crippen molar-refractivity contribution in [3.05, 3.63) is 100 Å². The highest BCUT2D eigenvalue weighted by molar-refractivity contribution is 6.31. The third kappa shape index (κ3) is 4.88. The maximum atomic E-state index is 12.6. The van der Waals surface area contributed by atoms with Gasteiger partial charge in [0.1, 0.15) is 22.6 Å². The van der Waals surface area contributed by atoms with Gasteiger partial charge in [-0.05, 0) is 80.4 Å². The fourth-order valence-electron chi connectivity index (χ4n) is 3.67. The first kappa shape index (κ1) is 22.6. The third-order valence-electron chi connectivity index (χ3n) is 5.73. The van der Waals surface area contributed by atoms with E-state index in [0.717, 1.165) is 27.9 Å². The van der Waals surface area contributed by atoms with Crippen molar-refractivity contribution < 1.29 is 9.21 Å². The number of nitrogens with one attached hydrogen (secondary N) is 1. The number of nitrogens with zero attached hydrogens (tertiary/aromatic N) is 3. The minimum atomic E-state index is -0.269. The average molecular weight is 483 g/mol. The Morgan fingerprint density at radius 3 is 2.40 bits per heavy atom. The number of amides is 1. The van der Waals surface area contributed by atoms with Crippen molar-refractivity contribution in [1.29, 1.82) is 0 Å². The van der Waals surface area contributed by atoms with Crippen molar-refractivity contribution >= 4 is 40.3 Å². The zero-order chi connectivity index (χ0) is 24.5. The summed E-state index contributed by atoms with van der Waals surface area (Å²) in [5.41, 5.74) is 6.97. The van der Waals surface area contributed by atoms with E-state index in [0.29, 0.717) is 27.7 Å². The summed E-state index contributed by atoms with van der Waals surface area (Å²) in [6.07, 6.45) is 3.08. The summed E-state index contributed by atoms with van der Waals surface area (Å²) in [7, 11) is 0. The molecule has 1 amide bonds. The molecule has 0 atom stereocenters. The van der Waals surface area contributed by atoms with Gasteiger partial charge in [0.2, 0.25) is 5.91 Å². The first-order valence-corrected chi connectivity index (χ1v) is 11.5. The molecule has 0 bridgehead atoms. The molecule has 0 saturated carbocycles. The largest absolute Gasteiger partial charge is 0.457 e. The van der Waals surface area contributed by atoms with Crippen LogP contribution in [0.3, 0.4) is 0 Å². The van der Waals surface area contributed by atoms with Crippen LogP contribution in [0.5, 0.6) is 0 Å². The fraction of sp³-hybridized carbons (Fsp3) is 0.107. The number of fused-ring (bicyclic) bond motifs is 1. The van der Waals surface area contributed by atoms with Crippen LogP contribution in [0.4, 0.5) is 5.69 Å². The highest BCUT2D eigenvalue weighted by atomic mass is 35.5. The number of hydrogen-bond acceptors (Lipinski definition) is 4.